The number of aromatic nitrogens is 3. The van der Waals surface area contributed by atoms with Crippen molar-refractivity contribution in [3.05, 3.63) is 75.9 Å². The lowest BCUT2D eigenvalue weighted by atomic mass is 10.1. The minimum Gasteiger partial charge on any atom is -0.497 e. The molecular weight excluding hydrogens is 474 g/mol. The van der Waals surface area contributed by atoms with Gasteiger partial charge in [-0.05, 0) is 62.7 Å². The monoisotopic (exact) mass is 503 g/mol. The Balaban J connectivity index is 1.30. The Morgan fingerprint density at radius 2 is 2.00 bits per heavy atom. The molecule has 0 atom stereocenters. The summed E-state index contributed by atoms with van der Waals surface area (Å²) in [4.78, 5) is 27.8. The number of aryl methyl sites for hydroxylation is 1. The lowest BCUT2D eigenvalue weighted by molar-refractivity contribution is 0.102. The second-order valence-corrected chi connectivity index (χ2v) is 9.28. The van der Waals surface area contributed by atoms with Gasteiger partial charge in [-0.25, -0.2) is 9.48 Å². The van der Waals surface area contributed by atoms with E-state index in [9.17, 15) is 9.59 Å². The van der Waals surface area contributed by atoms with Crippen molar-refractivity contribution in [3.8, 4) is 11.5 Å². The topological polar surface area (TPSA) is 112 Å². The third-order valence-electron chi connectivity index (χ3n) is 6.56. The molecule has 0 spiro atoms. The third-order valence-corrected chi connectivity index (χ3v) is 6.56. The Bertz CT molecular complexity index is 1490. The summed E-state index contributed by atoms with van der Waals surface area (Å²) in [6, 6.07) is 12.9. The molecule has 2 aromatic carbocycles. The number of methoxy groups -OCH3 is 1. The summed E-state index contributed by atoms with van der Waals surface area (Å²) in [5, 5.41) is 11.3. The first-order valence-electron chi connectivity index (χ1n) is 12.2. The number of ether oxygens (including phenoxy) is 2. The number of hydrogen-bond acceptors (Lipinski definition) is 8. The van der Waals surface area contributed by atoms with Gasteiger partial charge < -0.3 is 24.1 Å². The van der Waals surface area contributed by atoms with Gasteiger partial charge in [-0.3, -0.25) is 4.79 Å². The van der Waals surface area contributed by atoms with Crippen LogP contribution in [0, 0.1) is 6.92 Å². The van der Waals surface area contributed by atoms with E-state index in [1.807, 2.05) is 43.3 Å². The van der Waals surface area contributed by atoms with E-state index in [2.05, 4.69) is 27.6 Å². The highest BCUT2D eigenvalue weighted by molar-refractivity contribution is 6.03. The van der Waals surface area contributed by atoms with Crippen molar-refractivity contribution >= 4 is 22.6 Å². The van der Waals surface area contributed by atoms with E-state index in [1.54, 1.807) is 17.9 Å². The lowest BCUT2D eigenvalue weighted by Crippen LogP contribution is -2.35. The van der Waals surface area contributed by atoms with E-state index in [-0.39, 0.29) is 17.5 Å². The zero-order valence-electron chi connectivity index (χ0n) is 21.1. The van der Waals surface area contributed by atoms with Crippen LogP contribution in [0.2, 0.25) is 0 Å². The molecule has 5 rings (SSSR count). The van der Waals surface area contributed by atoms with Gasteiger partial charge in [0.1, 0.15) is 28.9 Å². The predicted octanol–water partition coefficient (Wildman–Crippen LogP) is 3.48. The maximum Gasteiger partial charge on any atom is 0.360 e. The van der Waals surface area contributed by atoms with Gasteiger partial charge >= 0.3 is 5.63 Å². The van der Waals surface area contributed by atoms with Crippen molar-refractivity contribution in [1.82, 2.24) is 19.9 Å². The van der Waals surface area contributed by atoms with Crippen LogP contribution in [0.25, 0.3) is 11.0 Å². The Hall–Kier alpha value is -4.18. The van der Waals surface area contributed by atoms with Crippen LogP contribution < -0.4 is 20.4 Å². The fourth-order valence-electron chi connectivity index (χ4n) is 4.43. The second-order valence-electron chi connectivity index (χ2n) is 9.28. The van der Waals surface area contributed by atoms with Gasteiger partial charge in [-0.1, -0.05) is 17.3 Å². The average molecular weight is 504 g/mol. The Morgan fingerprint density at radius 3 is 2.78 bits per heavy atom. The second kappa shape index (κ2) is 10.4. The van der Waals surface area contributed by atoms with Crippen LogP contribution in [-0.4, -0.2) is 59.2 Å². The van der Waals surface area contributed by atoms with Crippen molar-refractivity contribution in [2.75, 3.05) is 32.6 Å². The van der Waals surface area contributed by atoms with Crippen LogP contribution in [0.15, 0.2) is 57.9 Å². The van der Waals surface area contributed by atoms with Crippen LogP contribution in [-0.2, 0) is 6.54 Å². The molecule has 0 saturated carbocycles. The van der Waals surface area contributed by atoms with E-state index < -0.39 is 11.5 Å². The van der Waals surface area contributed by atoms with Crippen molar-refractivity contribution in [2.45, 2.75) is 32.4 Å². The molecule has 1 amide bonds. The molecule has 3 heterocycles. The molecule has 10 nitrogen and oxygen atoms in total. The van der Waals surface area contributed by atoms with E-state index in [0.29, 0.717) is 23.3 Å². The number of fused-ring (bicyclic) bond motifs is 1. The normalized spacial score (nSPS) is 14.6. The lowest BCUT2D eigenvalue weighted by Gasteiger charge is -2.29. The van der Waals surface area contributed by atoms with Crippen LogP contribution >= 0.6 is 0 Å². The molecule has 0 aliphatic carbocycles. The number of benzene rings is 2. The summed E-state index contributed by atoms with van der Waals surface area (Å²) in [6.07, 6.45) is 3.56. The zero-order chi connectivity index (χ0) is 25.9. The van der Waals surface area contributed by atoms with E-state index >= 15 is 0 Å². The van der Waals surface area contributed by atoms with E-state index in [1.165, 1.54) is 6.20 Å². The van der Waals surface area contributed by atoms with Gasteiger partial charge in [0.2, 0.25) is 0 Å². The maximum absolute atomic E-state index is 12.8. The number of hydrogen-bond donors (Lipinski definition) is 1. The average Bonchev–Trinajstić information content (AvgIpc) is 3.37. The first kappa shape index (κ1) is 24.5. The molecule has 0 unspecified atom stereocenters. The summed E-state index contributed by atoms with van der Waals surface area (Å²) in [5.41, 5.74) is 1.61. The number of nitrogens with zero attached hydrogens (tertiary/aromatic N) is 4. The van der Waals surface area contributed by atoms with Gasteiger partial charge in [-0.15, -0.1) is 5.10 Å². The first-order valence-corrected chi connectivity index (χ1v) is 12.2. The Kier molecular flexibility index (Phi) is 6.91. The smallest absolute Gasteiger partial charge is 0.360 e. The summed E-state index contributed by atoms with van der Waals surface area (Å²) < 4.78 is 18.6. The number of rotatable bonds is 7. The first-order chi connectivity index (χ1) is 17.9. The van der Waals surface area contributed by atoms with Gasteiger partial charge in [0.15, 0.2) is 5.69 Å². The molecule has 0 radical (unpaired) electrons. The number of carbonyl (C=O) groups is 1. The number of piperidine rings is 1. The fourth-order valence-corrected chi connectivity index (χ4v) is 4.43. The van der Waals surface area contributed by atoms with Gasteiger partial charge in [0, 0.05) is 24.0 Å². The number of nitrogens with one attached hydrogen (secondary N) is 1. The fraction of sp³-hybridized carbons (Fsp3) is 0.333. The highest BCUT2D eigenvalue weighted by Crippen LogP contribution is 2.30. The maximum atomic E-state index is 12.8. The van der Waals surface area contributed by atoms with Crippen LogP contribution in [0.3, 0.4) is 0 Å². The molecule has 192 valence electrons. The van der Waals surface area contributed by atoms with Crippen LogP contribution in [0.5, 0.6) is 11.5 Å². The highest BCUT2D eigenvalue weighted by atomic mass is 16.5. The standard InChI is InChI=1S/C27H29N5O5/c1-17-24(36-20-9-11-31(2)12-10-20)8-7-19-14-22(27(34)37-25(17)19)28-26(33)23-16-32(30-29-23)15-18-5-4-6-21(13-18)35-3/h4-8,13-14,16,20H,9-12,15H2,1-3H3,(H,28,33). The molecule has 1 aliphatic rings. The largest absolute Gasteiger partial charge is 0.497 e. The summed E-state index contributed by atoms with van der Waals surface area (Å²) in [6.45, 7) is 4.26. The molecule has 2 aromatic heterocycles. The summed E-state index contributed by atoms with van der Waals surface area (Å²) in [7, 11) is 3.71. The van der Waals surface area contributed by atoms with E-state index in [0.717, 1.165) is 42.8 Å². The summed E-state index contributed by atoms with van der Waals surface area (Å²) in [5.74, 6) is 0.881. The van der Waals surface area contributed by atoms with Crippen molar-refractivity contribution in [2.24, 2.45) is 0 Å². The minimum atomic E-state index is -0.649. The molecule has 1 N–H and O–H groups in total. The van der Waals surface area contributed by atoms with Crippen molar-refractivity contribution in [3.63, 3.8) is 0 Å². The van der Waals surface area contributed by atoms with Gasteiger partial charge in [0.25, 0.3) is 5.91 Å². The van der Waals surface area contributed by atoms with Crippen molar-refractivity contribution < 1.29 is 18.7 Å². The molecular formula is C27H29N5O5. The predicted molar refractivity (Wildman–Crippen MR) is 138 cm³/mol. The highest BCUT2D eigenvalue weighted by Gasteiger charge is 2.20. The SMILES string of the molecule is COc1cccc(Cn2cc(C(=O)Nc3cc4ccc(OC5CCN(C)CC5)c(C)c4oc3=O)nn2)c1. The van der Waals surface area contributed by atoms with Gasteiger partial charge in [0.05, 0.1) is 19.9 Å². The molecule has 1 saturated heterocycles. The minimum absolute atomic E-state index is 0.0308. The third kappa shape index (κ3) is 5.49. The van der Waals surface area contributed by atoms with E-state index in [4.69, 9.17) is 13.9 Å². The van der Waals surface area contributed by atoms with Crippen LogP contribution in [0.1, 0.15) is 34.5 Å². The summed E-state index contributed by atoms with van der Waals surface area (Å²) >= 11 is 0. The number of likely N-dealkylation sites (tertiary alicyclic amines) is 1. The number of carbonyl (C=O) groups excluding carboxylic acids is 1. The molecule has 10 heteroatoms. The van der Waals surface area contributed by atoms with Crippen molar-refractivity contribution in [1.29, 1.82) is 0 Å². The number of amides is 1. The van der Waals surface area contributed by atoms with Crippen LogP contribution in [0.4, 0.5) is 5.69 Å². The molecule has 4 aromatic rings. The quantitative estimate of drug-likeness (QED) is 0.382. The molecule has 1 fully saturated rings. The zero-order valence-corrected chi connectivity index (χ0v) is 21.1. The Labute approximate surface area is 213 Å². The Morgan fingerprint density at radius 1 is 1.19 bits per heavy atom. The molecule has 37 heavy (non-hydrogen) atoms. The molecule has 0 bridgehead atoms. The van der Waals surface area contributed by atoms with Gasteiger partial charge in [-0.2, -0.15) is 0 Å². The molecule has 1 aliphatic heterocycles. The number of anilines is 1.